The van der Waals surface area contributed by atoms with Gasteiger partial charge in [0, 0.05) is 24.6 Å². The summed E-state index contributed by atoms with van der Waals surface area (Å²) in [5, 5.41) is 8.66. The van der Waals surface area contributed by atoms with Gasteiger partial charge in [-0.15, -0.1) is 0 Å². The Labute approximate surface area is 96.3 Å². The molecule has 0 aliphatic heterocycles. The van der Waals surface area contributed by atoms with Crippen LogP contribution >= 0.6 is 11.6 Å². The number of aromatic nitrogens is 2. The molecule has 0 aromatic carbocycles. The summed E-state index contributed by atoms with van der Waals surface area (Å²) in [7, 11) is 0. The molecule has 1 saturated carbocycles. The smallest absolute Gasteiger partial charge is 0.298 e. The number of nitrogens with zero attached hydrogens (tertiary/aromatic N) is 2. The van der Waals surface area contributed by atoms with Gasteiger partial charge in [0.25, 0.3) is 5.56 Å². The van der Waals surface area contributed by atoms with Gasteiger partial charge in [-0.05, 0) is 12.8 Å². The van der Waals surface area contributed by atoms with Crippen LogP contribution in [-0.2, 0) is 6.54 Å². The number of halogens is 1. The van der Waals surface area contributed by atoms with Crippen LogP contribution in [0.15, 0.2) is 15.8 Å². The molecule has 0 saturated heterocycles. The zero-order valence-corrected chi connectivity index (χ0v) is 9.25. The summed E-state index contributed by atoms with van der Waals surface area (Å²) >= 11 is 5.64. The summed E-state index contributed by atoms with van der Waals surface area (Å²) in [4.78, 5) is 24.7. The van der Waals surface area contributed by atoms with Gasteiger partial charge in [0.05, 0.1) is 6.07 Å². The Morgan fingerprint density at radius 1 is 1.56 bits per heavy atom. The largest absolute Gasteiger partial charge is 0.328 e. The molecule has 1 aliphatic carbocycles. The lowest BCUT2D eigenvalue weighted by Crippen LogP contribution is -2.32. The van der Waals surface area contributed by atoms with E-state index in [0.717, 1.165) is 12.8 Å². The third-order valence-electron chi connectivity index (χ3n) is 2.88. The third kappa shape index (κ3) is 2.02. The normalized spacial score (nSPS) is 16.8. The van der Waals surface area contributed by atoms with Crippen molar-refractivity contribution in [3.05, 3.63) is 32.1 Å². The van der Waals surface area contributed by atoms with Gasteiger partial charge in [-0.2, -0.15) is 5.26 Å². The Kier molecular flexibility index (Phi) is 2.60. The first kappa shape index (κ1) is 11.0. The predicted molar refractivity (Wildman–Crippen MR) is 58.2 cm³/mol. The number of nitrogens with one attached hydrogen (secondary N) is 1. The van der Waals surface area contributed by atoms with Gasteiger partial charge in [0.2, 0.25) is 0 Å². The number of H-pyrrole nitrogens is 1. The summed E-state index contributed by atoms with van der Waals surface area (Å²) in [5.41, 5.74) is -1.15. The maximum atomic E-state index is 11.5. The molecule has 84 valence electrons. The quantitative estimate of drug-likeness (QED) is 0.851. The van der Waals surface area contributed by atoms with Crippen LogP contribution < -0.4 is 11.2 Å². The minimum atomic E-state index is -0.576. The van der Waals surface area contributed by atoms with E-state index in [1.165, 1.54) is 10.8 Å². The Bertz CT molecular complexity index is 563. The molecular weight excluding hydrogens is 230 g/mol. The van der Waals surface area contributed by atoms with E-state index in [0.29, 0.717) is 13.0 Å². The van der Waals surface area contributed by atoms with Crippen LogP contribution in [0.25, 0.3) is 0 Å². The molecule has 0 atom stereocenters. The maximum Gasteiger partial charge on any atom is 0.328 e. The van der Waals surface area contributed by atoms with Gasteiger partial charge >= 0.3 is 5.69 Å². The second kappa shape index (κ2) is 3.80. The zero-order valence-electron chi connectivity index (χ0n) is 8.49. The van der Waals surface area contributed by atoms with Crippen molar-refractivity contribution >= 4 is 11.6 Å². The Morgan fingerprint density at radius 3 is 2.81 bits per heavy atom. The van der Waals surface area contributed by atoms with E-state index in [1.54, 1.807) is 0 Å². The van der Waals surface area contributed by atoms with Gasteiger partial charge in [-0.3, -0.25) is 14.3 Å². The van der Waals surface area contributed by atoms with Crippen molar-refractivity contribution in [3.8, 4) is 6.07 Å². The van der Waals surface area contributed by atoms with Crippen molar-refractivity contribution in [2.24, 2.45) is 5.41 Å². The van der Waals surface area contributed by atoms with Crippen LogP contribution in [0, 0.1) is 16.7 Å². The first-order chi connectivity index (χ1) is 7.56. The van der Waals surface area contributed by atoms with Crippen molar-refractivity contribution < 1.29 is 0 Å². The van der Waals surface area contributed by atoms with Gasteiger partial charge in [-0.25, -0.2) is 4.79 Å². The molecule has 2 rings (SSSR count). The van der Waals surface area contributed by atoms with Crippen molar-refractivity contribution in [2.75, 3.05) is 0 Å². The van der Waals surface area contributed by atoms with Crippen LogP contribution in [-0.4, -0.2) is 9.55 Å². The molecule has 1 aliphatic rings. The highest BCUT2D eigenvalue weighted by atomic mass is 35.5. The van der Waals surface area contributed by atoms with E-state index in [1.807, 2.05) is 0 Å². The number of hydrogen-bond acceptors (Lipinski definition) is 3. The maximum absolute atomic E-state index is 11.5. The minimum absolute atomic E-state index is 0.00708. The number of rotatable bonds is 3. The van der Waals surface area contributed by atoms with Crippen LogP contribution in [0.1, 0.15) is 19.3 Å². The lowest BCUT2D eigenvalue weighted by molar-refractivity contribution is 0.418. The molecule has 5 nitrogen and oxygen atoms in total. The van der Waals surface area contributed by atoms with Crippen LogP contribution in [0.5, 0.6) is 0 Å². The Hall–Kier alpha value is -1.54. The number of hydrogen-bond donors (Lipinski definition) is 1. The number of nitriles is 1. The molecule has 6 heteroatoms. The summed E-state index contributed by atoms with van der Waals surface area (Å²) in [6.07, 6.45) is 3.63. The summed E-state index contributed by atoms with van der Waals surface area (Å²) in [5.74, 6) is 0. The molecule has 16 heavy (non-hydrogen) atoms. The van der Waals surface area contributed by atoms with E-state index >= 15 is 0 Å². The summed E-state index contributed by atoms with van der Waals surface area (Å²) in [6.45, 7) is 0.440. The lowest BCUT2D eigenvalue weighted by Gasteiger charge is -2.12. The van der Waals surface area contributed by atoms with E-state index in [2.05, 4.69) is 11.1 Å². The van der Waals surface area contributed by atoms with E-state index in [9.17, 15) is 9.59 Å². The second-order valence-corrected chi connectivity index (χ2v) is 4.61. The van der Waals surface area contributed by atoms with Crippen molar-refractivity contribution in [2.45, 2.75) is 25.8 Å². The molecule has 1 N–H and O–H groups in total. The third-order valence-corrected chi connectivity index (χ3v) is 3.15. The number of aromatic amines is 1. The monoisotopic (exact) mass is 239 g/mol. The molecule has 0 bridgehead atoms. The molecule has 1 aromatic rings. The first-order valence-corrected chi connectivity index (χ1v) is 5.30. The van der Waals surface area contributed by atoms with Crippen LogP contribution in [0.3, 0.4) is 0 Å². The summed E-state index contributed by atoms with van der Waals surface area (Å²) in [6, 6.07) is 2.12. The molecule has 0 unspecified atom stereocenters. The molecule has 0 radical (unpaired) electrons. The Balaban J connectivity index is 2.30. The van der Waals surface area contributed by atoms with Gasteiger partial charge in [-0.1, -0.05) is 11.6 Å². The highest BCUT2D eigenvalue weighted by Gasteiger charge is 2.42. The highest BCUT2D eigenvalue weighted by Crippen LogP contribution is 2.49. The van der Waals surface area contributed by atoms with Crippen molar-refractivity contribution in [3.63, 3.8) is 0 Å². The molecular formula is C10H10ClN3O2. The fraction of sp³-hybridized carbons (Fsp3) is 0.500. The van der Waals surface area contributed by atoms with Crippen LogP contribution in [0.2, 0.25) is 5.02 Å². The van der Waals surface area contributed by atoms with E-state index in [-0.39, 0.29) is 10.4 Å². The second-order valence-electron chi connectivity index (χ2n) is 4.20. The molecule has 0 spiro atoms. The van der Waals surface area contributed by atoms with Crippen LogP contribution in [0.4, 0.5) is 0 Å². The fourth-order valence-corrected chi connectivity index (χ4v) is 1.86. The topological polar surface area (TPSA) is 78.7 Å². The zero-order chi connectivity index (χ0) is 11.8. The Morgan fingerprint density at radius 2 is 2.25 bits per heavy atom. The van der Waals surface area contributed by atoms with Gasteiger partial charge in [0.1, 0.15) is 5.02 Å². The lowest BCUT2D eigenvalue weighted by atomic mass is 10.0. The van der Waals surface area contributed by atoms with Crippen molar-refractivity contribution in [1.82, 2.24) is 9.55 Å². The molecule has 1 aromatic heterocycles. The van der Waals surface area contributed by atoms with Gasteiger partial charge < -0.3 is 0 Å². The molecule has 1 heterocycles. The van der Waals surface area contributed by atoms with E-state index < -0.39 is 11.2 Å². The average molecular weight is 240 g/mol. The molecule has 0 amide bonds. The SMILES string of the molecule is N#CCC1(Cn2cc(Cl)c(=O)[nH]c2=O)CC1. The predicted octanol–water partition coefficient (Wildman–Crippen LogP) is 0.884. The standard InChI is InChI=1S/C10H10ClN3O2/c11-7-5-14(9(16)13-8(7)15)6-10(1-2-10)3-4-12/h5H,1-3,6H2,(H,13,15,16). The first-order valence-electron chi connectivity index (χ1n) is 4.93. The fourth-order valence-electron chi connectivity index (χ4n) is 1.70. The highest BCUT2D eigenvalue weighted by molar-refractivity contribution is 6.30. The van der Waals surface area contributed by atoms with E-state index in [4.69, 9.17) is 16.9 Å². The van der Waals surface area contributed by atoms with Crippen molar-refractivity contribution in [1.29, 1.82) is 5.26 Å². The van der Waals surface area contributed by atoms with Gasteiger partial charge in [0.15, 0.2) is 0 Å². The summed E-state index contributed by atoms with van der Waals surface area (Å²) < 4.78 is 1.37. The molecule has 1 fully saturated rings. The minimum Gasteiger partial charge on any atom is -0.298 e. The average Bonchev–Trinajstić information content (AvgIpc) is 2.95.